The second-order valence-electron chi connectivity index (χ2n) is 7.09. The third-order valence-electron chi connectivity index (χ3n) is 5.17. The molecule has 0 aliphatic carbocycles. The summed E-state index contributed by atoms with van der Waals surface area (Å²) >= 11 is 0. The Morgan fingerprint density at radius 1 is 1.23 bits per heavy atom. The first-order chi connectivity index (χ1) is 12.7. The number of benzene rings is 1. The number of hydrogen-bond acceptors (Lipinski definition) is 3. The van der Waals surface area contributed by atoms with Crippen molar-refractivity contribution in [3.05, 3.63) is 29.8 Å². The Hall–Kier alpha value is -2.24. The molecule has 6 nitrogen and oxygen atoms in total. The van der Waals surface area contributed by atoms with Crippen molar-refractivity contribution in [3.63, 3.8) is 0 Å². The van der Waals surface area contributed by atoms with Gasteiger partial charge in [0.05, 0.1) is 0 Å². The average Bonchev–Trinajstić information content (AvgIpc) is 3.28. The summed E-state index contributed by atoms with van der Waals surface area (Å²) in [7, 11) is 0. The molecule has 2 aliphatic heterocycles. The summed E-state index contributed by atoms with van der Waals surface area (Å²) in [4.78, 5) is 21.0. The van der Waals surface area contributed by atoms with Gasteiger partial charge in [-0.1, -0.05) is 18.2 Å². The number of rotatable bonds is 6. The predicted octanol–water partition coefficient (Wildman–Crippen LogP) is 1.62. The van der Waals surface area contributed by atoms with E-state index in [0.717, 1.165) is 57.9 Å². The van der Waals surface area contributed by atoms with Crippen molar-refractivity contribution in [2.75, 3.05) is 44.2 Å². The number of nitrogens with zero attached hydrogens (tertiary/aromatic N) is 3. The van der Waals surface area contributed by atoms with Crippen molar-refractivity contribution in [2.45, 2.75) is 39.2 Å². The van der Waals surface area contributed by atoms with Crippen LogP contribution < -0.4 is 15.5 Å². The number of anilines is 1. The Kier molecular flexibility index (Phi) is 6.36. The van der Waals surface area contributed by atoms with E-state index in [1.54, 1.807) is 0 Å². The maximum absolute atomic E-state index is 12.2. The van der Waals surface area contributed by atoms with Crippen molar-refractivity contribution in [1.29, 1.82) is 0 Å². The Morgan fingerprint density at radius 2 is 2.00 bits per heavy atom. The molecule has 1 aromatic rings. The number of carbonyl (C=O) groups is 1. The lowest BCUT2D eigenvalue weighted by molar-refractivity contribution is -0.128. The third kappa shape index (κ3) is 4.48. The molecule has 1 amide bonds. The van der Waals surface area contributed by atoms with Gasteiger partial charge in [-0.05, 0) is 44.7 Å². The fraction of sp³-hybridized carbons (Fsp3) is 0.600. The highest BCUT2D eigenvalue weighted by atomic mass is 16.2. The van der Waals surface area contributed by atoms with Gasteiger partial charge >= 0.3 is 0 Å². The van der Waals surface area contributed by atoms with Crippen LogP contribution in [0.3, 0.4) is 0 Å². The molecule has 1 aromatic carbocycles. The SMILES string of the molecule is CCNC(=NCC(=O)N1CCCC1)NCCN1c2ccccc2CC1C. The number of aliphatic imine (C=N–C) groups is 1. The molecular weight excluding hydrogens is 326 g/mol. The van der Waals surface area contributed by atoms with Crippen LogP contribution in [0, 0.1) is 0 Å². The summed E-state index contributed by atoms with van der Waals surface area (Å²) in [5, 5.41) is 6.61. The molecule has 1 saturated heterocycles. The van der Waals surface area contributed by atoms with E-state index in [2.05, 4.69) is 51.7 Å². The number of hydrogen-bond donors (Lipinski definition) is 2. The van der Waals surface area contributed by atoms with Crippen molar-refractivity contribution in [3.8, 4) is 0 Å². The van der Waals surface area contributed by atoms with Gasteiger partial charge in [0.15, 0.2) is 5.96 Å². The number of amides is 1. The van der Waals surface area contributed by atoms with E-state index in [1.807, 2.05) is 11.8 Å². The zero-order valence-electron chi connectivity index (χ0n) is 16.0. The molecule has 1 atom stereocenters. The van der Waals surface area contributed by atoms with Crippen LogP contribution in [0.2, 0.25) is 0 Å². The zero-order chi connectivity index (χ0) is 18.4. The van der Waals surface area contributed by atoms with Gasteiger partial charge in [0, 0.05) is 44.5 Å². The summed E-state index contributed by atoms with van der Waals surface area (Å²) in [5.41, 5.74) is 2.77. The Labute approximate surface area is 156 Å². The number of para-hydroxylation sites is 1. The summed E-state index contributed by atoms with van der Waals surface area (Å²) in [6, 6.07) is 9.15. The van der Waals surface area contributed by atoms with Crippen LogP contribution in [0.5, 0.6) is 0 Å². The minimum Gasteiger partial charge on any atom is -0.367 e. The maximum Gasteiger partial charge on any atom is 0.244 e. The quantitative estimate of drug-likeness (QED) is 0.600. The molecule has 2 heterocycles. The lowest BCUT2D eigenvalue weighted by atomic mass is 10.1. The van der Waals surface area contributed by atoms with Gasteiger partial charge in [-0.2, -0.15) is 0 Å². The topological polar surface area (TPSA) is 60.0 Å². The summed E-state index contributed by atoms with van der Waals surface area (Å²) in [6.07, 6.45) is 3.33. The standard InChI is InChI=1S/C20H31N5O/c1-3-21-20(23-15-19(26)24-11-6-7-12-24)22-10-13-25-16(2)14-17-8-4-5-9-18(17)25/h4-5,8-9,16H,3,6-7,10-15H2,1-2H3,(H2,21,22,23). The largest absolute Gasteiger partial charge is 0.367 e. The van der Waals surface area contributed by atoms with E-state index in [9.17, 15) is 4.79 Å². The molecule has 26 heavy (non-hydrogen) atoms. The maximum atomic E-state index is 12.2. The van der Waals surface area contributed by atoms with E-state index in [1.165, 1.54) is 11.3 Å². The van der Waals surface area contributed by atoms with Gasteiger partial charge in [0.25, 0.3) is 0 Å². The number of likely N-dealkylation sites (tertiary alicyclic amines) is 1. The van der Waals surface area contributed by atoms with Crippen LogP contribution in [-0.4, -0.2) is 62.1 Å². The Bertz CT molecular complexity index is 639. The predicted molar refractivity (Wildman–Crippen MR) is 107 cm³/mol. The van der Waals surface area contributed by atoms with Gasteiger partial charge in [0.1, 0.15) is 6.54 Å². The Morgan fingerprint density at radius 3 is 2.77 bits per heavy atom. The molecule has 1 unspecified atom stereocenters. The normalized spacial score (nSPS) is 19.6. The van der Waals surface area contributed by atoms with E-state index < -0.39 is 0 Å². The second-order valence-corrected chi connectivity index (χ2v) is 7.09. The molecule has 2 aliphatic rings. The number of carbonyl (C=O) groups excluding carboxylic acids is 1. The van der Waals surface area contributed by atoms with Gasteiger partial charge < -0.3 is 20.4 Å². The van der Waals surface area contributed by atoms with Crippen LogP contribution in [-0.2, 0) is 11.2 Å². The lowest BCUT2D eigenvalue weighted by Gasteiger charge is -2.25. The van der Waals surface area contributed by atoms with Crippen LogP contribution in [0.25, 0.3) is 0 Å². The average molecular weight is 358 g/mol. The molecule has 0 aromatic heterocycles. The highest BCUT2D eigenvalue weighted by Gasteiger charge is 2.24. The highest BCUT2D eigenvalue weighted by Crippen LogP contribution is 2.31. The molecule has 1 fully saturated rings. The first-order valence-electron chi connectivity index (χ1n) is 9.83. The van der Waals surface area contributed by atoms with Crippen molar-refractivity contribution < 1.29 is 4.79 Å². The van der Waals surface area contributed by atoms with E-state index >= 15 is 0 Å². The smallest absolute Gasteiger partial charge is 0.244 e. The molecule has 0 spiro atoms. The van der Waals surface area contributed by atoms with Crippen LogP contribution in [0.1, 0.15) is 32.3 Å². The molecular formula is C20H31N5O. The fourth-order valence-electron chi connectivity index (χ4n) is 3.82. The first-order valence-corrected chi connectivity index (χ1v) is 9.83. The molecule has 0 saturated carbocycles. The fourth-order valence-corrected chi connectivity index (χ4v) is 3.82. The monoisotopic (exact) mass is 357 g/mol. The van der Waals surface area contributed by atoms with E-state index in [0.29, 0.717) is 6.04 Å². The molecule has 0 bridgehead atoms. The highest BCUT2D eigenvalue weighted by molar-refractivity contribution is 5.85. The molecule has 2 N–H and O–H groups in total. The number of fused-ring (bicyclic) bond motifs is 1. The molecule has 0 radical (unpaired) electrons. The van der Waals surface area contributed by atoms with Gasteiger partial charge in [-0.25, -0.2) is 4.99 Å². The third-order valence-corrected chi connectivity index (χ3v) is 5.17. The minimum absolute atomic E-state index is 0.127. The number of guanidine groups is 1. The van der Waals surface area contributed by atoms with Crippen LogP contribution >= 0.6 is 0 Å². The van der Waals surface area contributed by atoms with Crippen molar-refractivity contribution >= 4 is 17.6 Å². The van der Waals surface area contributed by atoms with Crippen molar-refractivity contribution in [1.82, 2.24) is 15.5 Å². The molecule has 6 heteroatoms. The summed E-state index contributed by atoms with van der Waals surface area (Å²) < 4.78 is 0. The van der Waals surface area contributed by atoms with Gasteiger partial charge in [-0.3, -0.25) is 4.79 Å². The Balaban J connectivity index is 1.50. The molecule has 142 valence electrons. The van der Waals surface area contributed by atoms with Gasteiger partial charge in [0.2, 0.25) is 5.91 Å². The second kappa shape index (κ2) is 8.92. The lowest BCUT2D eigenvalue weighted by Crippen LogP contribution is -2.43. The van der Waals surface area contributed by atoms with Crippen molar-refractivity contribution in [2.24, 2.45) is 4.99 Å². The minimum atomic E-state index is 0.127. The van der Waals surface area contributed by atoms with Crippen LogP contribution in [0.4, 0.5) is 5.69 Å². The van der Waals surface area contributed by atoms with Crippen LogP contribution in [0.15, 0.2) is 29.3 Å². The summed E-state index contributed by atoms with van der Waals surface area (Å²) in [5.74, 6) is 0.849. The van der Waals surface area contributed by atoms with E-state index in [4.69, 9.17) is 0 Å². The molecule has 3 rings (SSSR count). The first kappa shape index (κ1) is 18.5. The zero-order valence-corrected chi connectivity index (χ0v) is 16.0. The van der Waals surface area contributed by atoms with Gasteiger partial charge in [-0.15, -0.1) is 0 Å². The summed E-state index contributed by atoms with van der Waals surface area (Å²) in [6.45, 7) is 8.79. The number of nitrogens with one attached hydrogen (secondary N) is 2. The van der Waals surface area contributed by atoms with E-state index in [-0.39, 0.29) is 12.5 Å².